The first-order valence-corrected chi connectivity index (χ1v) is 12.0. The molecular weight excluding hydrogens is 368 g/mol. The van der Waals surface area contributed by atoms with Crippen molar-refractivity contribution in [2.45, 2.75) is 124 Å². The van der Waals surface area contributed by atoms with Gasteiger partial charge in [0.1, 0.15) is 0 Å². The molecule has 0 aliphatic heterocycles. The fourth-order valence-corrected chi connectivity index (χ4v) is 2.91. The van der Waals surface area contributed by atoms with E-state index in [4.69, 9.17) is 20.1 Å². The smallest absolute Gasteiger partial charge is 0.306 e. The first kappa shape index (κ1) is 30.5. The molecule has 0 aliphatic carbocycles. The first-order valence-electron chi connectivity index (χ1n) is 12.0. The number of unbranched alkanes of at least 4 members (excludes halogenated alkanes) is 9. The summed E-state index contributed by atoms with van der Waals surface area (Å²) in [7, 11) is 0. The van der Waals surface area contributed by atoms with Crippen LogP contribution in [-0.4, -0.2) is 47.2 Å². The maximum absolute atomic E-state index is 11.6. The number of aliphatic hydroxyl groups is 3. The quantitative estimate of drug-likeness (QED) is 0.205. The molecule has 1 unspecified atom stereocenters. The molecule has 0 fully saturated rings. The highest BCUT2D eigenvalue weighted by Crippen LogP contribution is 2.18. The summed E-state index contributed by atoms with van der Waals surface area (Å²) < 4.78 is 5.42. The van der Waals surface area contributed by atoms with Crippen LogP contribution in [0.15, 0.2) is 0 Å². The molecule has 0 rings (SSSR count). The number of esters is 1. The van der Waals surface area contributed by atoms with Gasteiger partial charge in [0.25, 0.3) is 0 Å². The standard InChI is InChI=1S/C18H36O2.C6H14O3/c1-4-6-8-9-10-11-12-14-16-18(19)20-17(3)15-13-7-5-2;1-2-6(3-7,4-8)5-9/h17H,4-16H2,1-3H3;7-9H,2-5H2,1H3. The average Bonchev–Trinajstić information content (AvgIpc) is 2.73. The second kappa shape index (κ2) is 22.0. The third-order valence-electron chi connectivity index (χ3n) is 5.54. The Bertz CT molecular complexity index is 325. The molecule has 0 heterocycles. The topological polar surface area (TPSA) is 87.0 Å². The van der Waals surface area contributed by atoms with Crippen molar-refractivity contribution >= 4 is 5.97 Å². The van der Waals surface area contributed by atoms with Crippen LogP contribution in [0.25, 0.3) is 0 Å². The summed E-state index contributed by atoms with van der Waals surface area (Å²) >= 11 is 0. The molecule has 3 N–H and O–H groups in total. The number of carbonyl (C=O) groups is 1. The minimum atomic E-state index is -0.667. The summed E-state index contributed by atoms with van der Waals surface area (Å²) in [6, 6.07) is 0. The van der Waals surface area contributed by atoms with Gasteiger partial charge in [-0.25, -0.2) is 0 Å². The molecule has 0 radical (unpaired) electrons. The van der Waals surface area contributed by atoms with Crippen molar-refractivity contribution in [3.63, 3.8) is 0 Å². The summed E-state index contributed by atoms with van der Waals surface area (Å²) in [4.78, 5) is 11.6. The number of ether oxygens (including phenoxy) is 1. The van der Waals surface area contributed by atoms with Crippen LogP contribution in [-0.2, 0) is 9.53 Å². The van der Waals surface area contributed by atoms with Crippen molar-refractivity contribution in [3.8, 4) is 0 Å². The van der Waals surface area contributed by atoms with Crippen LogP contribution in [0.3, 0.4) is 0 Å². The SMILES string of the molecule is CCC(CO)(CO)CO.CCCCCCCCCCC(=O)OC(C)CCCCC. The molecule has 176 valence electrons. The molecule has 29 heavy (non-hydrogen) atoms. The van der Waals surface area contributed by atoms with Gasteiger partial charge in [-0.3, -0.25) is 4.79 Å². The van der Waals surface area contributed by atoms with Crippen molar-refractivity contribution in [2.24, 2.45) is 5.41 Å². The van der Waals surface area contributed by atoms with Crippen molar-refractivity contribution < 1.29 is 24.9 Å². The molecule has 5 nitrogen and oxygen atoms in total. The molecule has 0 saturated carbocycles. The van der Waals surface area contributed by atoms with Crippen molar-refractivity contribution in [3.05, 3.63) is 0 Å². The minimum Gasteiger partial charge on any atom is -0.463 e. The maximum Gasteiger partial charge on any atom is 0.306 e. The number of aliphatic hydroxyl groups excluding tert-OH is 3. The molecule has 0 spiro atoms. The fraction of sp³-hybridized carbons (Fsp3) is 0.958. The van der Waals surface area contributed by atoms with E-state index in [1.165, 1.54) is 64.2 Å². The Balaban J connectivity index is 0. The third kappa shape index (κ3) is 19.1. The molecule has 0 aromatic carbocycles. The van der Waals surface area contributed by atoms with Crippen LogP contribution in [0.5, 0.6) is 0 Å². The lowest BCUT2D eigenvalue weighted by molar-refractivity contribution is -0.148. The highest BCUT2D eigenvalue weighted by atomic mass is 16.5. The van der Waals surface area contributed by atoms with Gasteiger partial charge in [-0.1, -0.05) is 78.6 Å². The predicted octanol–water partition coefficient (Wildman–Crippen LogP) is 5.39. The summed E-state index contributed by atoms with van der Waals surface area (Å²) in [5.74, 6) is -0.0000172. The normalized spacial score (nSPS) is 12.2. The van der Waals surface area contributed by atoms with E-state index in [9.17, 15) is 4.79 Å². The number of carbonyl (C=O) groups excluding carboxylic acids is 1. The van der Waals surface area contributed by atoms with E-state index in [0.29, 0.717) is 12.8 Å². The van der Waals surface area contributed by atoms with Crippen molar-refractivity contribution in [1.82, 2.24) is 0 Å². The lowest BCUT2D eigenvalue weighted by atomic mass is 9.88. The van der Waals surface area contributed by atoms with Gasteiger partial charge >= 0.3 is 5.97 Å². The summed E-state index contributed by atoms with van der Waals surface area (Å²) in [5.41, 5.74) is -0.667. The van der Waals surface area contributed by atoms with Crippen LogP contribution in [0.1, 0.15) is 118 Å². The largest absolute Gasteiger partial charge is 0.463 e. The molecule has 0 aromatic heterocycles. The fourth-order valence-electron chi connectivity index (χ4n) is 2.91. The van der Waals surface area contributed by atoms with Gasteiger partial charge in [0.15, 0.2) is 0 Å². The molecular formula is C24H50O5. The first-order chi connectivity index (χ1) is 13.9. The highest BCUT2D eigenvalue weighted by molar-refractivity contribution is 5.69. The Hall–Kier alpha value is -0.650. The van der Waals surface area contributed by atoms with E-state index in [0.717, 1.165) is 12.8 Å². The van der Waals surface area contributed by atoms with Crippen LogP contribution in [0.2, 0.25) is 0 Å². The maximum atomic E-state index is 11.6. The van der Waals surface area contributed by atoms with Crippen LogP contribution >= 0.6 is 0 Å². The van der Waals surface area contributed by atoms with Gasteiger partial charge in [-0.2, -0.15) is 0 Å². The number of hydrogen-bond donors (Lipinski definition) is 3. The Morgan fingerprint density at radius 1 is 0.759 bits per heavy atom. The zero-order valence-corrected chi connectivity index (χ0v) is 19.8. The molecule has 5 heteroatoms. The van der Waals surface area contributed by atoms with Crippen molar-refractivity contribution in [1.29, 1.82) is 0 Å². The molecule has 0 aromatic rings. The van der Waals surface area contributed by atoms with Gasteiger partial charge in [0.2, 0.25) is 0 Å². The minimum absolute atomic E-state index is 0.0000172. The average molecular weight is 419 g/mol. The van der Waals surface area contributed by atoms with Gasteiger partial charge < -0.3 is 20.1 Å². The zero-order chi connectivity index (χ0) is 22.4. The van der Waals surface area contributed by atoms with E-state index < -0.39 is 5.41 Å². The third-order valence-corrected chi connectivity index (χ3v) is 5.54. The zero-order valence-electron chi connectivity index (χ0n) is 19.8. The van der Waals surface area contributed by atoms with Crippen molar-refractivity contribution in [2.75, 3.05) is 19.8 Å². The lowest BCUT2D eigenvalue weighted by Crippen LogP contribution is -2.32. The monoisotopic (exact) mass is 418 g/mol. The van der Waals surface area contributed by atoms with E-state index in [2.05, 4.69) is 13.8 Å². The summed E-state index contributed by atoms with van der Waals surface area (Å²) in [5, 5.41) is 26.0. The Morgan fingerprint density at radius 2 is 1.21 bits per heavy atom. The van der Waals surface area contributed by atoms with Gasteiger partial charge in [0.05, 0.1) is 25.9 Å². The molecule has 0 aliphatic rings. The second-order valence-corrected chi connectivity index (χ2v) is 8.35. The molecule has 0 saturated heterocycles. The molecule has 0 amide bonds. The highest BCUT2D eigenvalue weighted by Gasteiger charge is 2.24. The Morgan fingerprint density at radius 3 is 1.62 bits per heavy atom. The molecule has 0 bridgehead atoms. The second-order valence-electron chi connectivity index (χ2n) is 8.35. The lowest BCUT2D eigenvalue weighted by Gasteiger charge is -2.24. The van der Waals surface area contributed by atoms with Crippen LogP contribution in [0, 0.1) is 5.41 Å². The van der Waals surface area contributed by atoms with Gasteiger partial charge in [0, 0.05) is 11.8 Å². The molecule has 1 atom stereocenters. The van der Waals surface area contributed by atoms with Gasteiger partial charge in [-0.15, -0.1) is 0 Å². The van der Waals surface area contributed by atoms with E-state index in [1.807, 2.05) is 13.8 Å². The number of rotatable bonds is 18. The van der Waals surface area contributed by atoms with Gasteiger partial charge in [-0.05, 0) is 32.6 Å². The Kier molecular flexibility index (Phi) is 23.2. The van der Waals surface area contributed by atoms with E-state index in [1.54, 1.807) is 0 Å². The predicted molar refractivity (Wildman–Crippen MR) is 121 cm³/mol. The van der Waals surface area contributed by atoms with E-state index in [-0.39, 0.29) is 31.9 Å². The summed E-state index contributed by atoms with van der Waals surface area (Å²) in [6.45, 7) is 7.81. The summed E-state index contributed by atoms with van der Waals surface area (Å²) in [6.07, 6.45) is 16.1. The Labute approximate surface area is 180 Å². The number of hydrogen-bond acceptors (Lipinski definition) is 5. The van der Waals surface area contributed by atoms with Crippen LogP contribution < -0.4 is 0 Å². The van der Waals surface area contributed by atoms with E-state index >= 15 is 0 Å². The van der Waals surface area contributed by atoms with Crippen LogP contribution in [0.4, 0.5) is 0 Å².